The fourth-order valence-corrected chi connectivity index (χ4v) is 4.14. The summed E-state index contributed by atoms with van der Waals surface area (Å²) in [6.45, 7) is 6.09. The second kappa shape index (κ2) is 10.5. The van der Waals surface area contributed by atoms with E-state index >= 15 is 0 Å². The highest BCUT2D eigenvalue weighted by Crippen LogP contribution is 2.34. The number of hydrogen-bond donors (Lipinski definition) is 1. The topological polar surface area (TPSA) is 69.9 Å². The third-order valence-corrected chi connectivity index (χ3v) is 6.33. The molecule has 1 aromatic carbocycles. The van der Waals surface area contributed by atoms with Gasteiger partial charge in [-0.25, -0.2) is 9.97 Å². The van der Waals surface area contributed by atoms with Gasteiger partial charge in [-0.2, -0.15) is 13.2 Å². The fourth-order valence-electron chi connectivity index (χ4n) is 3.78. The van der Waals surface area contributed by atoms with Gasteiger partial charge in [-0.1, -0.05) is 49.2 Å². The molecule has 0 spiro atoms. The summed E-state index contributed by atoms with van der Waals surface area (Å²) in [5.41, 5.74) is 2.28. The molecule has 2 heterocycles. The molecule has 1 aliphatic rings. The highest BCUT2D eigenvalue weighted by atomic mass is 35.5. The highest BCUT2D eigenvalue weighted by molar-refractivity contribution is 6.44. The van der Waals surface area contributed by atoms with Crippen molar-refractivity contribution in [2.24, 2.45) is 5.92 Å². The molecule has 2 aromatic rings. The zero-order valence-electron chi connectivity index (χ0n) is 19.2. The van der Waals surface area contributed by atoms with Crippen molar-refractivity contribution in [1.82, 2.24) is 14.9 Å². The zero-order valence-corrected chi connectivity index (χ0v) is 20.0. The third kappa shape index (κ3) is 5.55. The summed E-state index contributed by atoms with van der Waals surface area (Å²) in [4.78, 5) is 22.9. The fraction of sp³-hybridized carbons (Fsp3) is 0.360. The molecule has 0 fully saturated rings. The summed E-state index contributed by atoms with van der Waals surface area (Å²) >= 11 is 6.34. The largest absolute Gasteiger partial charge is 0.416 e. The second-order valence-corrected chi connectivity index (χ2v) is 8.67. The van der Waals surface area contributed by atoms with Crippen LogP contribution in [0.2, 0.25) is 0 Å². The Morgan fingerprint density at radius 3 is 2.68 bits per heavy atom. The van der Waals surface area contributed by atoms with E-state index in [0.717, 1.165) is 17.8 Å². The maximum Gasteiger partial charge on any atom is 0.416 e. The van der Waals surface area contributed by atoms with Crippen molar-refractivity contribution in [3.05, 3.63) is 68.9 Å². The van der Waals surface area contributed by atoms with Gasteiger partial charge in [0.15, 0.2) is 5.78 Å². The summed E-state index contributed by atoms with van der Waals surface area (Å²) in [6, 6.07) is 4.21. The van der Waals surface area contributed by atoms with E-state index in [-0.39, 0.29) is 22.3 Å². The molecule has 0 saturated carbocycles. The van der Waals surface area contributed by atoms with Gasteiger partial charge in [0.1, 0.15) is 11.4 Å². The Bertz CT molecular complexity index is 1160. The number of allylic oxidation sites excluding steroid dienone is 2. The molecule has 0 amide bonds. The van der Waals surface area contributed by atoms with Crippen LogP contribution in [-0.4, -0.2) is 33.4 Å². The van der Waals surface area contributed by atoms with Crippen molar-refractivity contribution in [3.8, 4) is 0 Å². The Morgan fingerprint density at radius 2 is 2.03 bits per heavy atom. The molecular weight excluding hydrogens is 465 g/mol. The molecule has 180 valence electrons. The molecule has 5 nitrogen and oxygen atoms in total. The Morgan fingerprint density at radius 1 is 1.29 bits per heavy atom. The lowest BCUT2D eigenvalue weighted by Crippen LogP contribution is -2.33. The number of nitrogens with one attached hydrogen (secondary N) is 1. The smallest absolute Gasteiger partial charge is 0.363 e. The van der Waals surface area contributed by atoms with Crippen LogP contribution in [0.15, 0.2) is 35.3 Å². The number of halogens is 4. The number of aryl methyl sites for hydroxylation is 1. The van der Waals surface area contributed by atoms with Gasteiger partial charge in [0.2, 0.25) is 0 Å². The van der Waals surface area contributed by atoms with E-state index in [9.17, 15) is 18.0 Å². The summed E-state index contributed by atoms with van der Waals surface area (Å²) in [5, 5.41) is 7.82. The zero-order chi connectivity index (χ0) is 25.0. The third-order valence-electron chi connectivity index (χ3n) is 5.95. The minimum absolute atomic E-state index is 0.0287. The van der Waals surface area contributed by atoms with Crippen LogP contribution in [-0.2, 0) is 23.9 Å². The number of rotatable bonds is 7. The number of benzene rings is 1. The molecule has 9 heteroatoms. The predicted molar refractivity (Wildman–Crippen MR) is 127 cm³/mol. The number of ketones is 1. The van der Waals surface area contributed by atoms with Crippen LogP contribution in [0.5, 0.6) is 0 Å². The summed E-state index contributed by atoms with van der Waals surface area (Å²) in [5.74, 6) is -0.458. The van der Waals surface area contributed by atoms with Crippen molar-refractivity contribution in [3.63, 3.8) is 0 Å². The normalized spacial score (nSPS) is 15.7. The van der Waals surface area contributed by atoms with Crippen molar-refractivity contribution in [1.29, 1.82) is 5.41 Å². The van der Waals surface area contributed by atoms with Gasteiger partial charge in [0.25, 0.3) is 0 Å². The predicted octanol–water partition coefficient (Wildman–Crippen LogP) is 6.05. The van der Waals surface area contributed by atoms with Crippen LogP contribution in [0.25, 0.3) is 12.2 Å². The van der Waals surface area contributed by atoms with Gasteiger partial charge < -0.3 is 10.3 Å². The molecular formula is C25H26ClF3N4O. The van der Waals surface area contributed by atoms with Crippen LogP contribution in [0.3, 0.4) is 0 Å². The number of Topliss-reactive ketones (excluding diaryl/α,β-unsaturated/α-hetero) is 1. The van der Waals surface area contributed by atoms with Crippen LogP contribution in [0, 0.1) is 18.3 Å². The number of nitrogens with zero attached hydrogens (tertiary/aromatic N) is 3. The van der Waals surface area contributed by atoms with Gasteiger partial charge >= 0.3 is 6.18 Å². The molecule has 34 heavy (non-hydrogen) atoms. The first-order valence-electron chi connectivity index (χ1n) is 10.9. The van der Waals surface area contributed by atoms with Gasteiger partial charge in [-0.15, -0.1) is 0 Å². The number of fused-ring (bicyclic) bond motifs is 1. The summed E-state index contributed by atoms with van der Waals surface area (Å²) in [6.07, 6.45) is 2.11. The first-order valence-corrected chi connectivity index (χ1v) is 11.3. The van der Waals surface area contributed by atoms with E-state index in [1.54, 1.807) is 26.0 Å². The van der Waals surface area contributed by atoms with Crippen molar-refractivity contribution >= 4 is 35.8 Å². The SMILES string of the molecule is CCC(C)C(=O)/C(Cl)=C(\C=N)N1CCc2c(/C=C/c3ccc(C)cc3C(F)(F)F)ncnc2C1. The van der Waals surface area contributed by atoms with E-state index in [2.05, 4.69) is 9.97 Å². The van der Waals surface area contributed by atoms with Gasteiger partial charge in [0.05, 0.1) is 29.2 Å². The first-order chi connectivity index (χ1) is 16.1. The average Bonchev–Trinajstić information content (AvgIpc) is 2.81. The monoisotopic (exact) mass is 490 g/mol. The minimum atomic E-state index is -4.46. The number of hydrogen-bond acceptors (Lipinski definition) is 5. The average molecular weight is 491 g/mol. The van der Waals surface area contributed by atoms with Crippen LogP contribution >= 0.6 is 11.6 Å². The Kier molecular flexibility index (Phi) is 7.92. The standard InChI is InChI=1S/C25H26ClF3N4O/c1-4-16(3)24(34)23(26)22(12-30)33-10-9-18-20(31-14-32-21(18)13-33)8-7-17-6-5-15(2)11-19(17)25(27,28)29/h5-8,11-12,14,16,30H,4,9-10,13H2,1-3H3/b8-7+,23-22-,30-12?. The molecule has 0 saturated heterocycles. The van der Waals surface area contributed by atoms with E-state index in [1.165, 1.54) is 18.5 Å². The van der Waals surface area contributed by atoms with Gasteiger partial charge in [0, 0.05) is 24.2 Å². The Balaban J connectivity index is 1.91. The lowest BCUT2D eigenvalue weighted by Gasteiger charge is -2.31. The minimum Gasteiger partial charge on any atom is -0.363 e. The highest BCUT2D eigenvalue weighted by Gasteiger charge is 2.33. The number of carbonyl (C=O) groups excluding carboxylic acids is 1. The first kappa shape index (κ1) is 25.6. The van der Waals surface area contributed by atoms with E-state index < -0.39 is 11.7 Å². The summed E-state index contributed by atoms with van der Waals surface area (Å²) < 4.78 is 40.4. The molecule has 0 bridgehead atoms. The van der Waals surface area contributed by atoms with E-state index in [0.29, 0.717) is 48.6 Å². The molecule has 0 radical (unpaired) electrons. The lowest BCUT2D eigenvalue weighted by molar-refractivity contribution is -0.137. The van der Waals surface area contributed by atoms with Crippen molar-refractivity contribution < 1.29 is 18.0 Å². The van der Waals surface area contributed by atoms with Crippen molar-refractivity contribution in [2.45, 2.75) is 46.3 Å². The number of aromatic nitrogens is 2. The molecule has 3 rings (SSSR count). The maximum absolute atomic E-state index is 13.5. The number of alkyl halides is 3. The van der Waals surface area contributed by atoms with Gasteiger partial charge in [-0.05, 0) is 37.5 Å². The van der Waals surface area contributed by atoms with E-state index in [1.807, 2.05) is 11.8 Å². The van der Waals surface area contributed by atoms with Crippen LogP contribution in [0.4, 0.5) is 13.2 Å². The molecule has 1 aromatic heterocycles. The van der Waals surface area contributed by atoms with Gasteiger partial charge in [-0.3, -0.25) is 4.79 Å². The molecule has 1 N–H and O–H groups in total. The van der Waals surface area contributed by atoms with Crippen LogP contribution < -0.4 is 0 Å². The molecule has 1 unspecified atom stereocenters. The maximum atomic E-state index is 13.5. The molecule has 1 aliphatic heterocycles. The molecule has 1 atom stereocenters. The van der Waals surface area contributed by atoms with E-state index in [4.69, 9.17) is 17.0 Å². The van der Waals surface area contributed by atoms with Crippen molar-refractivity contribution in [2.75, 3.05) is 6.54 Å². The summed E-state index contributed by atoms with van der Waals surface area (Å²) in [7, 11) is 0. The lowest BCUT2D eigenvalue weighted by atomic mass is 9.99. The number of carbonyl (C=O) groups is 1. The quantitative estimate of drug-likeness (QED) is 0.379. The Hall–Kier alpha value is -3.00. The Labute approximate surface area is 201 Å². The van der Waals surface area contributed by atoms with Crippen LogP contribution in [0.1, 0.15) is 53.9 Å². The second-order valence-electron chi connectivity index (χ2n) is 8.29. The molecule has 0 aliphatic carbocycles.